The summed E-state index contributed by atoms with van der Waals surface area (Å²) >= 11 is 0. The second-order valence-electron chi connectivity index (χ2n) is 14.4. The number of carbonyl (C=O) groups excluding carboxylic acids is 1. The van der Waals surface area contributed by atoms with Crippen molar-refractivity contribution >= 4 is 16.0 Å². The predicted octanol–water partition coefficient (Wildman–Crippen LogP) is 10.8. The number of rotatable bonds is 37. The van der Waals surface area contributed by atoms with Gasteiger partial charge in [0.15, 0.2) is 0 Å². The van der Waals surface area contributed by atoms with Crippen LogP contribution in [0.3, 0.4) is 0 Å². The minimum Gasteiger partial charge on any atom is -0.391 e. The molecule has 0 spiro atoms. The van der Waals surface area contributed by atoms with Crippen LogP contribution in [0.15, 0.2) is 12.2 Å². The van der Waals surface area contributed by atoms with Crippen LogP contribution in [0.2, 0.25) is 0 Å². The average Bonchev–Trinajstić information content (AvgIpc) is 3.05. The van der Waals surface area contributed by atoms with Gasteiger partial charge in [-0.15, -0.1) is 0 Å². The summed E-state index contributed by atoms with van der Waals surface area (Å²) in [7, 11) is -4.40. The van der Waals surface area contributed by atoms with Crippen LogP contribution in [0.1, 0.15) is 213 Å². The van der Waals surface area contributed by atoms with E-state index >= 15 is 0 Å². The lowest BCUT2D eigenvalue weighted by Gasteiger charge is -2.24. The summed E-state index contributed by atoms with van der Waals surface area (Å²) in [6.45, 7) is 4.49. The van der Waals surface area contributed by atoms with Gasteiger partial charge in [-0.2, -0.15) is 8.42 Å². The zero-order valence-electron chi connectivity index (χ0n) is 31.5. The van der Waals surface area contributed by atoms with E-state index < -0.39 is 40.0 Å². The first-order chi connectivity index (χ1) is 23.2. The highest BCUT2D eigenvalue weighted by molar-refractivity contribution is 7.85. The molecule has 0 aromatic heterocycles. The molecule has 8 heteroatoms. The molecular formula is C40H79NO6S. The molecule has 3 atom stereocenters. The Morgan fingerprint density at radius 3 is 1.27 bits per heavy atom. The quantitative estimate of drug-likeness (QED) is 0.0290. The molecule has 1 amide bonds. The summed E-state index contributed by atoms with van der Waals surface area (Å²) in [6, 6.07) is -1.14. The fraction of sp³-hybridized carbons (Fsp3) is 0.925. The predicted molar refractivity (Wildman–Crippen MR) is 204 cm³/mol. The third-order valence-electron chi connectivity index (χ3n) is 9.58. The molecule has 48 heavy (non-hydrogen) atoms. The standard InChI is InChI=1S/C40H79NO6S/c1-3-5-7-9-11-13-15-17-19-20-21-23-24-26-28-30-32-34-38(42)37(36-48(45,46)47)41-40(44)39(43)35-33-31-29-27-25-22-18-16-14-12-10-8-6-4-2/h14,16,37-39,42-43H,3-13,15,17-36H2,1-2H3,(H,41,44)(H,45,46,47)/b16-14-. The molecule has 4 N–H and O–H groups in total. The molecule has 0 aromatic rings. The third-order valence-corrected chi connectivity index (χ3v) is 10.4. The summed E-state index contributed by atoms with van der Waals surface area (Å²) in [5, 5.41) is 23.5. The monoisotopic (exact) mass is 702 g/mol. The van der Waals surface area contributed by atoms with Gasteiger partial charge in [0.25, 0.3) is 10.1 Å². The minimum atomic E-state index is -4.40. The second-order valence-corrected chi connectivity index (χ2v) is 15.9. The van der Waals surface area contributed by atoms with Gasteiger partial charge in [0.1, 0.15) is 6.10 Å². The first kappa shape index (κ1) is 47.0. The maximum atomic E-state index is 12.6. The molecule has 0 aliphatic heterocycles. The summed E-state index contributed by atoms with van der Waals surface area (Å²) in [4.78, 5) is 12.6. The van der Waals surface area contributed by atoms with Crippen molar-refractivity contribution in [3.8, 4) is 0 Å². The van der Waals surface area contributed by atoms with Crippen LogP contribution in [0.4, 0.5) is 0 Å². The van der Waals surface area contributed by atoms with Gasteiger partial charge < -0.3 is 15.5 Å². The number of aliphatic hydroxyl groups excluding tert-OH is 2. The largest absolute Gasteiger partial charge is 0.391 e. The Morgan fingerprint density at radius 2 is 0.875 bits per heavy atom. The molecule has 0 heterocycles. The van der Waals surface area contributed by atoms with Crippen LogP contribution >= 0.6 is 0 Å². The van der Waals surface area contributed by atoms with E-state index in [1.807, 2.05) is 0 Å². The molecule has 0 fully saturated rings. The molecule has 3 unspecified atom stereocenters. The Kier molecular flexibility index (Phi) is 33.8. The van der Waals surface area contributed by atoms with E-state index in [1.165, 1.54) is 128 Å². The van der Waals surface area contributed by atoms with Crippen LogP contribution in [0, 0.1) is 0 Å². The Morgan fingerprint density at radius 1 is 0.542 bits per heavy atom. The van der Waals surface area contributed by atoms with Gasteiger partial charge in [-0.3, -0.25) is 9.35 Å². The van der Waals surface area contributed by atoms with E-state index in [-0.39, 0.29) is 0 Å². The van der Waals surface area contributed by atoms with E-state index in [0.717, 1.165) is 51.4 Å². The van der Waals surface area contributed by atoms with Crippen molar-refractivity contribution in [1.29, 1.82) is 0 Å². The SMILES string of the molecule is CCCCCC/C=C\CCCCCCCCC(O)C(=O)NC(CS(=O)(=O)O)C(O)CCCCCCCCCCCCCCCCCCC. The lowest BCUT2D eigenvalue weighted by Crippen LogP contribution is -2.50. The highest BCUT2D eigenvalue weighted by Gasteiger charge is 2.28. The smallest absolute Gasteiger partial charge is 0.266 e. The van der Waals surface area contributed by atoms with Gasteiger partial charge in [0.2, 0.25) is 5.91 Å². The van der Waals surface area contributed by atoms with E-state index in [9.17, 15) is 28.0 Å². The van der Waals surface area contributed by atoms with E-state index in [1.54, 1.807) is 0 Å². The summed E-state index contributed by atoms with van der Waals surface area (Å²) in [5.41, 5.74) is 0. The second kappa shape index (κ2) is 34.5. The number of aliphatic hydroxyl groups is 2. The Bertz CT molecular complexity index is 834. The highest BCUT2D eigenvalue weighted by Crippen LogP contribution is 2.16. The van der Waals surface area contributed by atoms with Crippen LogP contribution < -0.4 is 5.32 Å². The van der Waals surface area contributed by atoms with Crippen molar-refractivity contribution in [2.75, 3.05) is 5.75 Å². The van der Waals surface area contributed by atoms with E-state index in [4.69, 9.17) is 0 Å². The van der Waals surface area contributed by atoms with E-state index in [0.29, 0.717) is 19.3 Å². The van der Waals surface area contributed by atoms with Crippen molar-refractivity contribution in [3.63, 3.8) is 0 Å². The number of carbonyl (C=O) groups is 1. The molecule has 0 bridgehead atoms. The number of hydrogen-bond donors (Lipinski definition) is 4. The molecule has 0 radical (unpaired) electrons. The first-order valence-electron chi connectivity index (χ1n) is 20.5. The van der Waals surface area contributed by atoms with Crippen LogP contribution in [0.5, 0.6) is 0 Å². The van der Waals surface area contributed by atoms with Crippen molar-refractivity contribution in [3.05, 3.63) is 12.2 Å². The molecule has 0 saturated heterocycles. The molecule has 0 rings (SSSR count). The lowest BCUT2D eigenvalue weighted by molar-refractivity contribution is -0.131. The topological polar surface area (TPSA) is 124 Å². The zero-order chi connectivity index (χ0) is 35.6. The minimum absolute atomic E-state index is 0.292. The molecule has 0 aliphatic carbocycles. The molecule has 0 aliphatic rings. The van der Waals surface area contributed by atoms with Crippen LogP contribution in [-0.2, 0) is 14.9 Å². The number of hydrogen-bond acceptors (Lipinski definition) is 5. The van der Waals surface area contributed by atoms with Crippen molar-refractivity contribution in [1.82, 2.24) is 5.32 Å². The van der Waals surface area contributed by atoms with Crippen molar-refractivity contribution < 1.29 is 28.0 Å². The van der Waals surface area contributed by atoms with Crippen LogP contribution in [0.25, 0.3) is 0 Å². The number of unbranched alkanes of at least 4 members (excludes halogenated alkanes) is 26. The van der Waals surface area contributed by atoms with Gasteiger partial charge >= 0.3 is 0 Å². The lowest BCUT2D eigenvalue weighted by atomic mass is 10.0. The van der Waals surface area contributed by atoms with Gasteiger partial charge in [0, 0.05) is 0 Å². The average molecular weight is 702 g/mol. The fourth-order valence-electron chi connectivity index (χ4n) is 6.40. The third kappa shape index (κ3) is 33.5. The zero-order valence-corrected chi connectivity index (χ0v) is 32.3. The summed E-state index contributed by atoms with van der Waals surface area (Å²) in [6.07, 6.45) is 37.9. The van der Waals surface area contributed by atoms with Gasteiger partial charge in [0.05, 0.1) is 17.9 Å². The fourth-order valence-corrected chi connectivity index (χ4v) is 7.16. The van der Waals surface area contributed by atoms with Crippen molar-refractivity contribution in [2.24, 2.45) is 0 Å². The highest BCUT2D eigenvalue weighted by atomic mass is 32.2. The molecule has 286 valence electrons. The first-order valence-corrected chi connectivity index (χ1v) is 22.1. The number of nitrogens with one attached hydrogen (secondary N) is 1. The van der Waals surface area contributed by atoms with E-state index in [2.05, 4.69) is 31.3 Å². The Labute approximate surface area is 297 Å². The van der Waals surface area contributed by atoms with Gasteiger partial charge in [-0.05, 0) is 38.5 Å². The summed E-state index contributed by atoms with van der Waals surface area (Å²) in [5.74, 6) is -1.45. The summed E-state index contributed by atoms with van der Waals surface area (Å²) < 4.78 is 32.5. The maximum absolute atomic E-state index is 12.6. The molecular weight excluding hydrogens is 623 g/mol. The number of amides is 1. The van der Waals surface area contributed by atoms with Gasteiger partial charge in [-0.1, -0.05) is 187 Å². The van der Waals surface area contributed by atoms with Crippen molar-refractivity contribution in [2.45, 2.75) is 231 Å². The Balaban J connectivity index is 3.98. The normalized spacial score (nSPS) is 14.0. The molecule has 7 nitrogen and oxygen atoms in total. The Hall–Kier alpha value is -0.960. The van der Waals surface area contributed by atoms with Crippen LogP contribution in [-0.4, -0.2) is 53.1 Å². The molecule has 0 aromatic carbocycles. The van der Waals surface area contributed by atoms with Gasteiger partial charge in [-0.25, -0.2) is 0 Å². The maximum Gasteiger partial charge on any atom is 0.266 e. The molecule has 0 saturated carbocycles. The number of allylic oxidation sites excluding steroid dienone is 2.